The average Bonchev–Trinajstić information content (AvgIpc) is 3.58. The fraction of sp³-hybridized carbons (Fsp3) is 0.0526. The lowest BCUT2D eigenvalue weighted by molar-refractivity contribution is 0.755. The summed E-state index contributed by atoms with van der Waals surface area (Å²) in [7, 11) is 2.18. The summed E-state index contributed by atoms with van der Waals surface area (Å²) >= 11 is 0. The zero-order valence-electron chi connectivity index (χ0n) is 32.8. The van der Waals surface area contributed by atoms with Gasteiger partial charge in [-0.05, 0) is 127 Å². The first-order valence-corrected chi connectivity index (χ1v) is 20.6. The van der Waals surface area contributed by atoms with Crippen LogP contribution in [0.5, 0.6) is 0 Å². The van der Waals surface area contributed by atoms with E-state index in [1.165, 1.54) is 88.2 Å². The molecule has 2 bridgehead atoms. The number of anilines is 3. The number of rotatable bonds is 6. The molecule has 0 unspecified atom stereocenters. The second-order valence-electron chi connectivity index (χ2n) is 16.2. The van der Waals surface area contributed by atoms with Gasteiger partial charge in [-0.3, -0.25) is 0 Å². The minimum absolute atomic E-state index is 0.280. The number of aryl methyl sites for hydroxylation is 1. The standard InChI is InChI=1S/C57H40N2/c1-58-54-33-38(23-29-46(54)47-31-28-45(36-55(47)58)59(43-12-4-2-5-13-43)44-14-6-3-7-15-44)21-20-37-22-24-40-34-41(26-25-39(40)32-37)42-27-30-52-53(35-42)57-50-18-10-8-16-48(50)56(52)49-17-9-11-19-51(49)57/h2-36,56-57H,1H3/b21-20+. The Morgan fingerprint density at radius 2 is 0.847 bits per heavy atom. The highest BCUT2D eigenvalue weighted by Gasteiger charge is 2.40. The van der Waals surface area contributed by atoms with E-state index < -0.39 is 0 Å². The maximum Gasteiger partial charge on any atom is 0.0509 e. The molecule has 278 valence electrons. The summed E-state index contributed by atoms with van der Waals surface area (Å²) in [5, 5.41) is 5.02. The van der Waals surface area contributed by atoms with Crippen LogP contribution in [0.4, 0.5) is 17.1 Å². The van der Waals surface area contributed by atoms with Crippen molar-refractivity contribution < 1.29 is 0 Å². The SMILES string of the molecule is Cn1c2cc(/C=C/c3ccc4cc(-c5ccc6c(c5)C5c7ccccc7C6c6ccccc65)ccc4c3)ccc2c2ccc(N(c3ccccc3)c3ccccc3)cc21. The quantitative estimate of drug-likeness (QED) is 0.154. The first-order valence-electron chi connectivity index (χ1n) is 20.6. The van der Waals surface area contributed by atoms with Gasteiger partial charge in [0.05, 0.1) is 5.52 Å². The molecule has 3 aliphatic rings. The third-order valence-electron chi connectivity index (χ3n) is 12.9. The van der Waals surface area contributed by atoms with Crippen molar-refractivity contribution in [1.29, 1.82) is 0 Å². The molecule has 0 spiro atoms. The molecule has 13 rings (SSSR count). The fourth-order valence-corrected chi connectivity index (χ4v) is 10.1. The van der Waals surface area contributed by atoms with Crippen LogP contribution in [0.15, 0.2) is 200 Å². The molecule has 0 saturated carbocycles. The van der Waals surface area contributed by atoms with Crippen molar-refractivity contribution >= 4 is 61.8 Å². The van der Waals surface area contributed by atoms with Crippen LogP contribution in [0.3, 0.4) is 0 Å². The minimum atomic E-state index is 0.280. The van der Waals surface area contributed by atoms with Gasteiger partial charge in [-0.15, -0.1) is 0 Å². The van der Waals surface area contributed by atoms with Gasteiger partial charge in [-0.25, -0.2) is 0 Å². The minimum Gasteiger partial charge on any atom is -0.344 e. The molecule has 9 aromatic carbocycles. The molecular formula is C57H40N2. The summed E-state index contributed by atoms with van der Waals surface area (Å²) in [4.78, 5) is 2.32. The van der Waals surface area contributed by atoms with Gasteiger partial charge in [0.25, 0.3) is 0 Å². The molecule has 0 saturated heterocycles. The van der Waals surface area contributed by atoms with Gasteiger partial charge < -0.3 is 9.47 Å². The lowest BCUT2D eigenvalue weighted by atomic mass is 9.61. The van der Waals surface area contributed by atoms with Gasteiger partial charge in [0, 0.05) is 52.2 Å². The molecule has 59 heavy (non-hydrogen) atoms. The van der Waals surface area contributed by atoms with Gasteiger partial charge in [0.1, 0.15) is 0 Å². The highest BCUT2D eigenvalue weighted by atomic mass is 15.1. The number of benzene rings is 9. The maximum absolute atomic E-state index is 2.47. The van der Waals surface area contributed by atoms with Crippen molar-refractivity contribution in [2.45, 2.75) is 11.8 Å². The Bertz CT molecular complexity index is 3210. The number of aromatic nitrogens is 1. The topological polar surface area (TPSA) is 8.17 Å². The predicted octanol–water partition coefficient (Wildman–Crippen LogP) is 14.8. The molecule has 10 aromatic rings. The van der Waals surface area contributed by atoms with Crippen LogP contribution >= 0.6 is 0 Å². The van der Waals surface area contributed by atoms with Crippen molar-refractivity contribution in [2.75, 3.05) is 4.90 Å². The molecule has 0 aliphatic heterocycles. The zero-order valence-corrected chi connectivity index (χ0v) is 32.8. The molecule has 0 fully saturated rings. The average molecular weight is 753 g/mol. The summed E-state index contributed by atoms with van der Waals surface area (Å²) < 4.78 is 2.33. The van der Waals surface area contributed by atoms with Gasteiger partial charge in [0.2, 0.25) is 0 Å². The monoisotopic (exact) mass is 752 g/mol. The summed E-state index contributed by atoms with van der Waals surface area (Å²) in [5.74, 6) is 0.584. The molecule has 0 N–H and O–H groups in total. The Hall–Kier alpha value is -7.42. The first kappa shape index (κ1) is 33.7. The van der Waals surface area contributed by atoms with Crippen LogP contribution < -0.4 is 4.90 Å². The van der Waals surface area contributed by atoms with E-state index in [-0.39, 0.29) is 5.92 Å². The fourth-order valence-electron chi connectivity index (χ4n) is 10.1. The summed E-state index contributed by atoms with van der Waals surface area (Å²) in [6.07, 6.45) is 4.48. The van der Waals surface area contributed by atoms with Crippen molar-refractivity contribution in [2.24, 2.45) is 7.05 Å². The third kappa shape index (κ3) is 5.41. The van der Waals surface area contributed by atoms with Crippen LogP contribution in [0.25, 0.3) is 55.9 Å². The highest BCUT2D eigenvalue weighted by molar-refractivity contribution is 6.09. The maximum atomic E-state index is 2.47. The summed E-state index contributed by atoms with van der Waals surface area (Å²) in [5.41, 5.74) is 19.5. The van der Waals surface area contributed by atoms with Crippen LogP contribution in [0, 0.1) is 0 Å². The molecule has 2 heteroatoms. The second kappa shape index (κ2) is 13.3. The molecule has 3 aliphatic carbocycles. The Labute approximate surface area is 344 Å². The van der Waals surface area contributed by atoms with Crippen molar-refractivity contribution in [3.05, 3.63) is 245 Å². The number of nitrogens with zero attached hydrogens (tertiary/aromatic N) is 2. The first-order chi connectivity index (χ1) is 29.2. The zero-order chi connectivity index (χ0) is 39.0. The largest absolute Gasteiger partial charge is 0.344 e. The van der Waals surface area contributed by atoms with E-state index in [0.29, 0.717) is 5.92 Å². The third-order valence-corrected chi connectivity index (χ3v) is 12.9. The molecule has 2 nitrogen and oxygen atoms in total. The smallest absolute Gasteiger partial charge is 0.0509 e. The molecular weight excluding hydrogens is 713 g/mol. The van der Waals surface area contributed by atoms with E-state index in [1.54, 1.807) is 0 Å². The van der Waals surface area contributed by atoms with Crippen LogP contribution in [-0.2, 0) is 7.05 Å². The normalized spacial score (nSPS) is 15.1. The Morgan fingerprint density at radius 3 is 1.51 bits per heavy atom. The van der Waals surface area contributed by atoms with Gasteiger partial charge >= 0.3 is 0 Å². The Morgan fingerprint density at radius 1 is 0.373 bits per heavy atom. The van der Waals surface area contributed by atoms with Crippen LogP contribution in [0.2, 0.25) is 0 Å². The second-order valence-corrected chi connectivity index (χ2v) is 16.2. The number of para-hydroxylation sites is 2. The van der Waals surface area contributed by atoms with Crippen molar-refractivity contribution in [1.82, 2.24) is 4.57 Å². The van der Waals surface area contributed by atoms with E-state index in [2.05, 4.69) is 229 Å². The summed E-state index contributed by atoms with van der Waals surface area (Å²) in [6.45, 7) is 0. The van der Waals surface area contributed by atoms with Crippen LogP contribution in [-0.4, -0.2) is 4.57 Å². The lowest BCUT2D eigenvalue weighted by Gasteiger charge is -2.42. The molecule has 0 radical (unpaired) electrons. The molecule has 1 aromatic heterocycles. The van der Waals surface area contributed by atoms with Crippen molar-refractivity contribution in [3.8, 4) is 11.1 Å². The lowest BCUT2D eigenvalue weighted by Crippen LogP contribution is -2.27. The van der Waals surface area contributed by atoms with E-state index in [4.69, 9.17) is 0 Å². The van der Waals surface area contributed by atoms with Gasteiger partial charge in [-0.2, -0.15) is 0 Å². The Kier molecular flexibility index (Phi) is 7.61. The highest BCUT2D eigenvalue weighted by Crippen LogP contribution is 2.56. The van der Waals surface area contributed by atoms with E-state index in [0.717, 1.165) is 17.1 Å². The van der Waals surface area contributed by atoms with Crippen molar-refractivity contribution in [3.63, 3.8) is 0 Å². The number of fused-ring (bicyclic) bond motifs is 4. The number of hydrogen-bond acceptors (Lipinski definition) is 1. The van der Waals surface area contributed by atoms with E-state index in [1.807, 2.05) is 0 Å². The summed E-state index contributed by atoms with van der Waals surface area (Å²) in [6, 6.07) is 73.9. The predicted molar refractivity (Wildman–Crippen MR) is 248 cm³/mol. The van der Waals surface area contributed by atoms with E-state index >= 15 is 0 Å². The van der Waals surface area contributed by atoms with E-state index in [9.17, 15) is 0 Å². The molecule has 0 atom stereocenters. The molecule has 1 heterocycles. The Balaban J connectivity index is 0.834. The molecule has 0 amide bonds. The number of hydrogen-bond donors (Lipinski definition) is 0. The van der Waals surface area contributed by atoms with Crippen LogP contribution in [0.1, 0.15) is 56.3 Å². The van der Waals surface area contributed by atoms with Gasteiger partial charge in [-0.1, -0.05) is 152 Å². The van der Waals surface area contributed by atoms with Gasteiger partial charge in [0.15, 0.2) is 0 Å².